The van der Waals surface area contributed by atoms with E-state index in [1.165, 1.54) is 22.5 Å². The van der Waals surface area contributed by atoms with Crippen LogP contribution in [-0.4, -0.2) is 68.7 Å². The van der Waals surface area contributed by atoms with E-state index in [9.17, 15) is 19.2 Å². The Kier molecular flexibility index (Phi) is 6.95. The number of piperazine rings is 1. The van der Waals surface area contributed by atoms with Gasteiger partial charge in [-0.2, -0.15) is 0 Å². The molecule has 0 radical (unpaired) electrons. The maximum Gasteiger partial charge on any atom is 0.308 e. The summed E-state index contributed by atoms with van der Waals surface area (Å²) in [7, 11) is 1.25. The predicted molar refractivity (Wildman–Crippen MR) is 137 cm³/mol. The Balaban J connectivity index is 1.94. The van der Waals surface area contributed by atoms with Crippen LogP contribution >= 0.6 is 24.0 Å². The van der Waals surface area contributed by atoms with Gasteiger partial charge >= 0.3 is 5.97 Å². The molecule has 2 aromatic rings. The number of fused-ring (bicyclic) bond motifs is 1. The number of amides is 2. The first-order valence-electron chi connectivity index (χ1n) is 11.0. The highest BCUT2D eigenvalue weighted by Crippen LogP contribution is 2.35. The van der Waals surface area contributed by atoms with Crippen molar-refractivity contribution in [1.82, 2.24) is 19.6 Å². The maximum atomic E-state index is 13.7. The molecule has 0 unspecified atom stereocenters. The average Bonchev–Trinajstić information content (AvgIpc) is 3.10. The second kappa shape index (κ2) is 9.78. The van der Waals surface area contributed by atoms with E-state index in [4.69, 9.17) is 21.9 Å². The summed E-state index contributed by atoms with van der Waals surface area (Å²) in [5.74, 6) is -1.00. The van der Waals surface area contributed by atoms with Gasteiger partial charge in [-0.3, -0.25) is 28.5 Å². The number of anilines is 1. The van der Waals surface area contributed by atoms with E-state index < -0.39 is 17.6 Å². The molecule has 2 saturated heterocycles. The van der Waals surface area contributed by atoms with Crippen molar-refractivity contribution in [1.29, 1.82) is 0 Å². The predicted octanol–water partition coefficient (Wildman–Crippen LogP) is 1.48. The number of aryl methyl sites for hydroxylation is 1. The molecule has 2 aliphatic heterocycles. The summed E-state index contributed by atoms with van der Waals surface area (Å²) in [6.45, 7) is 6.17. The number of hydrogen-bond acceptors (Lipinski definition) is 9. The Bertz CT molecular complexity index is 1340. The summed E-state index contributed by atoms with van der Waals surface area (Å²) in [5.41, 5.74) is 0.921. The van der Waals surface area contributed by atoms with Gasteiger partial charge in [-0.25, -0.2) is 4.98 Å². The third-order valence-electron chi connectivity index (χ3n) is 5.87. The van der Waals surface area contributed by atoms with Crippen LogP contribution in [0.2, 0.25) is 0 Å². The molecule has 2 amide bonds. The Hall–Kier alpha value is -3.25. The average molecular weight is 516 g/mol. The highest BCUT2D eigenvalue weighted by atomic mass is 32.2. The molecule has 12 heteroatoms. The van der Waals surface area contributed by atoms with Crippen molar-refractivity contribution in [2.45, 2.75) is 39.3 Å². The molecule has 1 N–H and O–H groups in total. The number of carbonyl (C=O) groups excluding carboxylic acids is 3. The fourth-order valence-electron chi connectivity index (χ4n) is 4.11. The van der Waals surface area contributed by atoms with Gasteiger partial charge in [0.15, 0.2) is 0 Å². The van der Waals surface area contributed by atoms with Crippen molar-refractivity contribution in [3.63, 3.8) is 0 Å². The molecule has 35 heavy (non-hydrogen) atoms. The van der Waals surface area contributed by atoms with Gasteiger partial charge < -0.3 is 15.0 Å². The van der Waals surface area contributed by atoms with E-state index in [1.54, 1.807) is 17.2 Å². The molecular formula is C23H25N5O5S2. The molecule has 1 atom stereocenters. The minimum Gasteiger partial charge on any atom is -0.469 e. The van der Waals surface area contributed by atoms with Crippen LogP contribution in [0, 0.1) is 6.92 Å². The second-order valence-electron chi connectivity index (χ2n) is 8.46. The number of ether oxygens (including phenoxy) is 1. The number of carbonyl (C=O) groups is 3. The minimum absolute atomic E-state index is 0.137. The second-order valence-corrected chi connectivity index (χ2v) is 10.1. The highest BCUT2D eigenvalue weighted by Gasteiger charge is 2.37. The number of pyridine rings is 1. The normalized spacial score (nSPS) is 19.7. The summed E-state index contributed by atoms with van der Waals surface area (Å²) in [6, 6.07) is 2.50. The van der Waals surface area contributed by atoms with Crippen molar-refractivity contribution in [2.24, 2.45) is 0 Å². The van der Waals surface area contributed by atoms with Crippen molar-refractivity contribution in [3.05, 3.63) is 44.7 Å². The van der Waals surface area contributed by atoms with E-state index in [0.717, 1.165) is 17.3 Å². The van der Waals surface area contributed by atoms with Crippen molar-refractivity contribution in [2.75, 3.05) is 25.1 Å². The first kappa shape index (κ1) is 24.9. The first-order chi connectivity index (χ1) is 16.6. The smallest absolute Gasteiger partial charge is 0.308 e. The molecule has 4 rings (SSSR count). The fourth-order valence-corrected chi connectivity index (χ4v) is 5.62. The molecular weight excluding hydrogens is 490 g/mol. The number of thioether (sulfide) groups is 1. The standard InChI is InChI=1S/C23H25N5O5S2/c1-12(2)28-22(32)16(35-23(28)34)10-14-19(25-18-13(3)6-5-8-27(18)21(14)31)26-9-7-24-20(30)15(26)11-17(29)33-4/h5-6,8,10,12,15H,7,9,11H2,1-4H3,(H,24,30)/b16-10-/t15-/m1/s1. The van der Waals surface area contributed by atoms with Crippen molar-refractivity contribution in [3.8, 4) is 0 Å². The summed E-state index contributed by atoms with van der Waals surface area (Å²) in [5, 5.41) is 2.75. The summed E-state index contributed by atoms with van der Waals surface area (Å²) in [6.07, 6.45) is 2.88. The van der Waals surface area contributed by atoms with Gasteiger partial charge in [0.2, 0.25) is 5.91 Å². The van der Waals surface area contributed by atoms with Gasteiger partial charge in [0.05, 0.1) is 24.0 Å². The highest BCUT2D eigenvalue weighted by molar-refractivity contribution is 8.26. The third-order valence-corrected chi connectivity index (χ3v) is 7.20. The number of aromatic nitrogens is 2. The van der Waals surface area contributed by atoms with E-state index in [1.807, 2.05) is 26.8 Å². The number of methoxy groups -OCH3 is 1. The van der Waals surface area contributed by atoms with Gasteiger partial charge in [-0.05, 0) is 38.5 Å². The van der Waals surface area contributed by atoms with Crippen LogP contribution in [0.5, 0.6) is 0 Å². The zero-order valence-corrected chi connectivity index (χ0v) is 21.4. The van der Waals surface area contributed by atoms with E-state index in [-0.39, 0.29) is 35.7 Å². The molecule has 0 saturated carbocycles. The summed E-state index contributed by atoms with van der Waals surface area (Å²) >= 11 is 6.49. The molecule has 2 aliphatic rings. The Morgan fingerprint density at radius 2 is 2.11 bits per heavy atom. The van der Waals surface area contributed by atoms with Crippen LogP contribution in [0.4, 0.5) is 5.82 Å². The Morgan fingerprint density at radius 3 is 2.77 bits per heavy atom. The Labute approximate surface area is 211 Å². The van der Waals surface area contributed by atoms with Crippen LogP contribution in [0.3, 0.4) is 0 Å². The van der Waals surface area contributed by atoms with Crippen molar-refractivity contribution < 1.29 is 19.1 Å². The molecule has 0 bridgehead atoms. The number of thiocarbonyl (C=S) groups is 1. The first-order valence-corrected chi connectivity index (χ1v) is 12.3. The zero-order valence-electron chi connectivity index (χ0n) is 19.7. The number of hydrogen-bond donors (Lipinski definition) is 1. The van der Waals surface area contributed by atoms with Gasteiger partial charge in [-0.1, -0.05) is 30.0 Å². The maximum absolute atomic E-state index is 13.7. The lowest BCUT2D eigenvalue weighted by Crippen LogP contribution is -2.57. The van der Waals surface area contributed by atoms with Gasteiger partial charge in [0.1, 0.15) is 21.8 Å². The lowest BCUT2D eigenvalue weighted by molar-refractivity contribution is -0.143. The van der Waals surface area contributed by atoms with E-state index in [2.05, 4.69) is 5.32 Å². The molecule has 10 nitrogen and oxygen atoms in total. The molecule has 184 valence electrons. The quantitative estimate of drug-likeness (QED) is 0.359. The molecule has 2 fully saturated rings. The fraction of sp³-hybridized carbons (Fsp3) is 0.391. The van der Waals surface area contributed by atoms with Crippen LogP contribution in [-0.2, 0) is 19.1 Å². The SMILES string of the molecule is COC(=O)C[C@@H]1C(=O)NCCN1c1nc2c(C)cccn2c(=O)c1/C=C1\SC(=S)N(C(C)C)C1=O. The minimum atomic E-state index is -0.924. The molecule has 4 heterocycles. The van der Waals surface area contributed by atoms with Crippen LogP contribution in [0.1, 0.15) is 31.4 Å². The van der Waals surface area contributed by atoms with Gasteiger partial charge in [0.25, 0.3) is 11.5 Å². The van der Waals surface area contributed by atoms with Crippen LogP contribution in [0.25, 0.3) is 11.7 Å². The van der Waals surface area contributed by atoms with Gasteiger partial charge in [-0.15, -0.1) is 0 Å². The van der Waals surface area contributed by atoms with E-state index in [0.29, 0.717) is 28.0 Å². The Morgan fingerprint density at radius 1 is 1.37 bits per heavy atom. The molecule has 0 aromatic carbocycles. The number of esters is 1. The third kappa shape index (κ3) is 4.55. The number of nitrogens with zero attached hydrogens (tertiary/aromatic N) is 4. The molecule has 0 spiro atoms. The number of rotatable bonds is 5. The van der Waals surface area contributed by atoms with Gasteiger partial charge in [0, 0.05) is 25.3 Å². The molecule has 0 aliphatic carbocycles. The topological polar surface area (TPSA) is 113 Å². The summed E-state index contributed by atoms with van der Waals surface area (Å²) in [4.78, 5) is 59.8. The lowest BCUT2D eigenvalue weighted by atomic mass is 10.1. The monoisotopic (exact) mass is 515 g/mol. The lowest BCUT2D eigenvalue weighted by Gasteiger charge is -2.36. The van der Waals surface area contributed by atoms with Crippen molar-refractivity contribution >= 4 is 63.6 Å². The van der Waals surface area contributed by atoms with Crippen LogP contribution in [0.15, 0.2) is 28.0 Å². The molecule has 2 aromatic heterocycles. The van der Waals surface area contributed by atoms with Crippen LogP contribution < -0.4 is 15.8 Å². The zero-order chi connectivity index (χ0) is 25.4. The van der Waals surface area contributed by atoms with E-state index >= 15 is 0 Å². The summed E-state index contributed by atoms with van der Waals surface area (Å²) < 4.78 is 6.60. The number of nitrogens with one attached hydrogen (secondary N) is 1. The largest absolute Gasteiger partial charge is 0.469 e.